The molecular weight excluding hydrogens is 326 g/mol. The van der Waals surface area contributed by atoms with E-state index in [1.54, 1.807) is 0 Å². The Labute approximate surface area is 114 Å². The third-order valence-corrected chi connectivity index (χ3v) is 2.65. The predicted molar refractivity (Wildman–Crippen MR) is 64.6 cm³/mol. The van der Waals surface area contributed by atoms with Crippen LogP contribution in [0.3, 0.4) is 0 Å². The molecule has 0 spiro atoms. The number of aliphatic carboxylic acids is 1. The zero-order valence-corrected chi connectivity index (χ0v) is 10.8. The van der Waals surface area contributed by atoms with E-state index < -0.39 is 35.3 Å². The SMILES string of the molecule is O=C(NC[C@H](O)C(=O)O)c1cc([N+](=O)[O-])ncc1Br. The van der Waals surface area contributed by atoms with Crippen molar-refractivity contribution in [3.8, 4) is 0 Å². The molecule has 0 saturated carbocycles. The monoisotopic (exact) mass is 333 g/mol. The van der Waals surface area contributed by atoms with Crippen LogP contribution in [0.2, 0.25) is 0 Å². The number of halogens is 1. The number of carboxylic acid groups (broad SMARTS) is 1. The second-order valence-corrected chi connectivity index (χ2v) is 4.20. The van der Waals surface area contributed by atoms with Crippen LogP contribution >= 0.6 is 15.9 Å². The van der Waals surface area contributed by atoms with E-state index in [9.17, 15) is 19.7 Å². The average molecular weight is 334 g/mol. The fourth-order valence-corrected chi connectivity index (χ4v) is 1.47. The molecule has 1 heterocycles. The van der Waals surface area contributed by atoms with Crippen molar-refractivity contribution in [3.05, 3.63) is 32.4 Å². The van der Waals surface area contributed by atoms with Crippen LogP contribution in [0.4, 0.5) is 5.82 Å². The summed E-state index contributed by atoms with van der Waals surface area (Å²) in [5.74, 6) is -2.77. The third kappa shape index (κ3) is 3.96. The number of nitrogens with one attached hydrogen (secondary N) is 1. The van der Waals surface area contributed by atoms with Crippen molar-refractivity contribution in [1.82, 2.24) is 10.3 Å². The molecule has 1 rings (SSSR count). The molecule has 19 heavy (non-hydrogen) atoms. The Kier molecular flexibility index (Phi) is 4.89. The van der Waals surface area contributed by atoms with Gasteiger partial charge in [0.2, 0.25) is 0 Å². The van der Waals surface area contributed by atoms with Gasteiger partial charge in [-0.1, -0.05) is 0 Å². The van der Waals surface area contributed by atoms with Crippen LogP contribution in [-0.4, -0.2) is 44.6 Å². The van der Waals surface area contributed by atoms with Gasteiger partial charge in [-0.15, -0.1) is 0 Å². The number of aliphatic hydroxyl groups is 1. The third-order valence-electron chi connectivity index (χ3n) is 2.01. The summed E-state index contributed by atoms with van der Waals surface area (Å²) in [7, 11) is 0. The van der Waals surface area contributed by atoms with Crippen molar-refractivity contribution < 1.29 is 24.7 Å². The van der Waals surface area contributed by atoms with Gasteiger partial charge >= 0.3 is 11.8 Å². The van der Waals surface area contributed by atoms with Gasteiger partial charge in [0.15, 0.2) is 12.3 Å². The van der Waals surface area contributed by atoms with Crippen molar-refractivity contribution in [2.75, 3.05) is 6.54 Å². The second-order valence-electron chi connectivity index (χ2n) is 3.34. The van der Waals surface area contributed by atoms with E-state index in [1.165, 1.54) is 0 Å². The van der Waals surface area contributed by atoms with Gasteiger partial charge < -0.3 is 25.6 Å². The minimum Gasteiger partial charge on any atom is -0.479 e. The number of carbonyl (C=O) groups is 2. The topological polar surface area (TPSA) is 143 Å². The zero-order valence-electron chi connectivity index (χ0n) is 9.24. The van der Waals surface area contributed by atoms with Crippen molar-refractivity contribution in [2.45, 2.75) is 6.10 Å². The van der Waals surface area contributed by atoms with Gasteiger partial charge in [0, 0.05) is 6.07 Å². The van der Waals surface area contributed by atoms with E-state index in [0.29, 0.717) is 0 Å². The Hall–Kier alpha value is -2.07. The van der Waals surface area contributed by atoms with Crippen molar-refractivity contribution >= 4 is 33.6 Å². The fourth-order valence-electron chi connectivity index (χ4n) is 1.07. The van der Waals surface area contributed by atoms with E-state index >= 15 is 0 Å². The molecule has 102 valence electrons. The van der Waals surface area contributed by atoms with Gasteiger partial charge in [0.1, 0.15) is 0 Å². The van der Waals surface area contributed by atoms with E-state index in [2.05, 4.69) is 26.2 Å². The number of nitrogens with zero attached hydrogens (tertiary/aromatic N) is 2. The van der Waals surface area contributed by atoms with Crippen LogP contribution in [0, 0.1) is 10.1 Å². The first-order chi connectivity index (χ1) is 8.82. The summed E-state index contributed by atoms with van der Waals surface area (Å²) in [6.07, 6.45) is -0.666. The highest BCUT2D eigenvalue weighted by Crippen LogP contribution is 2.19. The van der Waals surface area contributed by atoms with Gasteiger partial charge in [-0.2, -0.15) is 0 Å². The number of hydrogen-bond donors (Lipinski definition) is 3. The Bertz CT molecular complexity index is 535. The van der Waals surface area contributed by atoms with E-state index in [4.69, 9.17) is 10.2 Å². The fraction of sp³-hybridized carbons (Fsp3) is 0.222. The Balaban J connectivity index is 2.84. The summed E-state index contributed by atoms with van der Waals surface area (Å²) in [5.41, 5.74) is -0.0840. The Morgan fingerprint density at radius 3 is 2.74 bits per heavy atom. The molecule has 1 atom stereocenters. The maximum atomic E-state index is 11.7. The van der Waals surface area contributed by atoms with Crippen LogP contribution in [0.5, 0.6) is 0 Å². The highest BCUT2D eigenvalue weighted by atomic mass is 79.9. The summed E-state index contributed by atoms with van der Waals surface area (Å²) in [6.45, 7) is -0.517. The lowest BCUT2D eigenvalue weighted by Gasteiger charge is -2.08. The van der Waals surface area contributed by atoms with Gasteiger partial charge in [0.05, 0.1) is 16.6 Å². The van der Waals surface area contributed by atoms with Crippen LogP contribution in [0.15, 0.2) is 16.7 Å². The molecule has 0 aliphatic heterocycles. The lowest BCUT2D eigenvalue weighted by atomic mass is 10.2. The molecule has 0 aliphatic rings. The standard InChI is InChI=1S/C9H8BrN3O6/c10-5-2-11-7(13(18)19)1-4(5)8(15)12-3-6(14)9(16)17/h1-2,6,14H,3H2,(H,12,15)(H,16,17)/t6-/m0/s1. The van der Waals surface area contributed by atoms with Gasteiger partial charge in [-0.3, -0.25) is 4.79 Å². The molecule has 0 fully saturated rings. The molecule has 3 N–H and O–H groups in total. The highest BCUT2D eigenvalue weighted by Gasteiger charge is 2.19. The maximum Gasteiger partial charge on any atom is 0.364 e. The summed E-state index contributed by atoms with van der Waals surface area (Å²) in [5, 5.41) is 30.1. The largest absolute Gasteiger partial charge is 0.479 e. The van der Waals surface area contributed by atoms with E-state index in [-0.39, 0.29) is 10.0 Å². The quantitative estimate of drug-likeness (QED) is 0.505. The maximum absolute atomic E-state index is 11.7. The smallest absolute Gasteiger partial charge is 0.364 e. The number of hydrogen-bond acceptors (Lipinski definition) is 6. The predicted octanol–water partition coefficient (Wildman–Crippen LogP) is -0.0724. The summed E-state index contributed by atoms with van der Waals surface area (Å²) >= 11 is 2.99. The molecule has 0 bridgehead atoms. The lowest BCUT2D eigenvalue weighted by molar-refractivity contribution is -0.389. The number of nitro groups is 1. The van der Waals surface area contributed by atoms with Crippen LogP contribution in [-0.2, 0) is 4.79 Å². The first-order valence-electron chi connectivity index (χ1n) is 4.82. The lowest BCUT2D eigenvalue weighted by Crippen LogP contribution is -2.36. The molecule has 9 nitrogen and oxygen atoms in total. The number of amides is 1. The minimum absolute atomic E-state index is 0.0840. The molecule has 0 aliphatic carbocycles. The Morgan fingerprint density at radius 2 is 2.21 bits per heavy atom. The molecule has 1 aromatic heterocycles. The first kappa shape index (κ1) is 15.0. The number of carbonyl (C=O) groups excluding carboxylic acids is 1. The molecule has 10 heteroatoms. The first-order valence-corrected chi connectivity index (χ1v) is 5.61. The van der Waals surface area contributed by atoms with Gasteiger partial charge in [0.25, 0.3) is 5.91 Å². The molecule has 0 unspecified atom stereocenters. The summed E-state index contributed by atoms with van der Waals surface area (Å²) in [6, 6.07) is 0.937. The van der Waals surface area contributed by atoms with Crippen molar-refractivity contribution in [3.63, 3.8) is 0 Å². The highest BCUT2D eigenvalue weighted by molar-refractivity contribution is 9.10. The number of aliphatic hydroxyl groups excluding tert-OH is 1. The molecule has 0 aromatic carbocycles. The minimum atomic E-state index is -1.75. The molecule has 0 saturated heterocycles. The van der Waals surface area contributed by atoms with Crippen molar-refractivity contribution in [1.29, 1.82) is 0 Å². The Morgan fingerprint density at radius 1 is 1.58 bits per heavy atom. The van der Waals surface area contributed by atoms with Crippen LogP contribution in [0.1, 0.15) is 10.4 Å². The normalized spacial score (nSPS) is 11.7. The number of rotatable bonds is 5. The number of aromatic nitrogens is 1. The number of pyridine rings is 1. The summed E-state index contributed by atoms with van der Waals surface area (Å²) < 4.78 is 0.209. The van der Waals surface area contributed by atoms with E-state index in [1.807, 2.05) is 0 Å². The average Bonchev–Trinajstić information content (AvgIpc) is 2.35. The molecular formula is C9H8BrN3O6. The van der Waals surface area contributed by atoms with Crippen LogP contribution in [0.25, 0.3) is 0 Å². The van der Waals surface area contributed by atoms with Crippen molar-refractivity contribution in [2.24, 2.45) is 0 Å². The van der Waals surface area contributed by atoms with E-state index in [0.717, 1.165) is 12.3 Å². The number of carboxylic acids is 1. The second kappa shape index (κ2) is 6.20. The van der Waals surface area contributed by atoms with Gasteiger partial charge in [-0.05, 0) is 25.8 Å². The molecule has 1 amide bonds. The summed E-state index contributed by atoms with van der Waals surface area (Å²) in [4.78, 5) is 35.2. The molecule has 0 radical (unpaired) electrons. The zero-order chi connectivity index (χ0) is 14.6. The van der Waals surface area contributed by atoms with Crippen LogP contribution < -0.4 is 5.32 Å². The molecule has 1 aromatic rings. The van der Waals surface area contributed by atoms with Gasteiger partial charge in [-0.25, -0.2) is 4.79 Å².